The molecule has 0 aromatic heterocycles. The van der Waals surface area contributed by atoms with Gasteiger partial charge >= 0.3 is 5.97 Å². The Morgan fingerprint density at radius 1 is 1.32 bits per heavy atom. The largest absolute Gasteiger partial charge is 0.508 e. The molecule has 0 saturated heterocycles. The van der Waals surface area contributed by atoms with Crippen LogP contribution < -0.4 is 0 Å². The van der Waals surface area contributed by atoms with Crippen molar-refractivity contribution >= 4 is 5.97 Å². The number of aromatic hydroxyl groups is 1. The maximum Gasteiger partial charge on any atom is 0.306 e. The quantitative estimate of drug-likeness (QED) is 0.619. The third-order valence-corrected chi connectivity index (χ3v) is 3.85. The SMILES string of the molecule is CCCCC(CCN(C)C[C@@H](O)c1cccc(O)c1)C(=O)O. The fourth-order valence-electron chi connectivity index (χ4n) is 2.44. The van der Waals surface area contributed by atoms with Crippen LogP contribution in [0.15, 0.2) is 24.3 Å². The summed E-state index contributed by atoms with van der Waals surface area (Å²) < 4.78 is 0. The Labute approximate surface area is 132 Å². The number of carboxylic acid groups (broad SMARTS) is 1. The van der Waals surface area contributed by atoms with Crippen LogP contribution in [-0.2, 0) is 4.79 Å². The minimum atomic E-state index is -0.740. The van der Waals surface area contributed by atoms with E-state index in [2.05, 4.69) is 6.92 Å². The summed E-state index contributed by atoms with van der Waals surface area (Å²) in [7, 11) is 1.87. The van der Waals surface area contributed by atoms with Gasteiger partial charge < -0.3 is 20.2 Å². The number of carboxylic acids is 1. The van der Waals surface area contributed by atoms with Gasteiger partial charge in [0, 0.05) is 6.54 Å². The molecule has 124 valence electrons. The molecule has 2 atom stereocenters. The van der Waals surface area contributed by atoms with E-state index in [4.69, 9.17) is 0 Å². The average Bonchev–Trinajstić information content (AvgIpc) is 2.46. The zero-order valence-corrected chi connectivity index (χ0v) is 13.4. The molecular formula is C17H27NO4. The Morgan fingerprint density at radius 2 is 2.05 bits per heavy atom. The van der Waals surface area contributed by atoms with E-state index in [1.54, 1.807) is 24.3 Å². The minimum Gasteiger partial charge on any atom is -0.508 e. The van der Waals surface area contributed by atoms with Gasteiger partial charge in [0.1, 0.15) is 5.75 Å². The summed E-state index contributed by atoms with van der Waals surface area (Å²) in [6.45, 7) is 3.08. The number of aliphatic hydroxyl groups is 1. The van der Waals surface area contributed by atoms with E-state index >= 15 is 0 Å². The second-order valence-electron chi connectivity index (χ2n) is 5.84. The summed E-state index contributed by atoms with van der Waals surface area (Å²) in [6, 6.07) is 6.56. The van der Waals surface area contributed by atoms with Crippen LogP contribution in [0.3, 0.4) is 0 Å². The van der Waals surface area contributed by atoms with Crippen molar-refractivity contribution in [2.24, 2.45) is 5.92 Å². The lowest BCUT2D eigenvalue weighted by atomic mass is 9.98. The van der Waals surface area contributed by atoms with E-state index in [-0.39, 0.29) is 11.7 Å². The van der Waals surface area contributed by atoms with Crippen molar-refractivity contribution < 1.29 is 20.1 Å². The number of carbonyl (C=O) groups is 1. The fraction of sp³-hybridized carbons (Fsp3) is 0.588. The smallest absolute Gasteiger partial charge is 0.306 e. The number of nitrogens with zero attached hydrogens (tertiary/aromatic N) is 1. The molecule has 5 heteroatoms. The number of hydrogen-bond donors (Lipinski definition) is 3. The summed E-state index contributed by atoms with van der Waals surface area (Å²) in [5.41, 5.74) is 0.660. The fourth-order valence-corrected chi connectivity index (χ4v) is 2.44. The number of benzene rings is 1. The molecule has 1 aromatic carbocycles. The molecule has 0 aliphatic heterocycles. The van der Waals surface area contributed by atoms with Gasteiger partial charge in [0.15, 0.2) is 0 Å². The van der Waals surface area contributed by atoms with Gasteiger partial charge in [-0.05, 0) is 44.1 Å². The van der Waals surface area contributed by atoms with Gasteiger partial charge in [-0.3, -0.25) is 4.79 Å². The summed E-state index contributed by atoms with van der Waals surface area (Å²) in [5, 5.41) is 28.8. The Kier molecular flexibility index (Phi) is 7.91. The van der Waals surface area contributed by atoms with Gasteiger partial charge in [-0.2, -0.15) is 0 Å². The van der Waals surface area contributed by atoms with Crippen LogP contribution in [0, 0.1) is 5.92 Å². The highest BCUT2D eigenvalue weighted by Crippen LogP contribution is 2.19. The van der Waals surface area contributed by atoms with E-state index in [0.717, 1.165) is 12.8 Å². The second-order valence-corrected chi connectivity index (χ2v) is 5.84. The highest BCUT2D eigenvalue weighted by atomic mass is 16.4. The summed E-state index contributed by atoms with van der Waals surface area (Å²) >= 11 is 0. The molecule has 0 radical (unpaired) electrons. The molecule has 0 aliphatic carbocycles. The predicted molar refractivity (Wildman–Crippen MR) is 85.8 cm³/mol. The first-order valence-electron chi connectivity index (χ1n) is 7.82. The van der Waals surface area contributed by atoms with Crippen LogP contribution in [-0.4, -0.2) is 46.3 Å². The zero-order chi connectivity index (χ0) is 16.5. The molecule has 0 amide bonds. The van der Waals surface area contributed by atoms with E-state index in [0.29, 0.717) is 31.5 Å². The molecule has 5 nitrogen and oxygen atoms in total. The molecule has 1 rings (SSSR count). The lowest BCUT2D eigenvalue weighted by Crippen LogP contribution is -2.28. The molecule has 22 heavy (non-hydrogen) atoms. The highest BCUT2D eigenvalue weighted by Gasteiger charge is 2.18. The maximum absolute atomic E-state index is 11.2. The van der Waals surface area contributed by atoms with Crippen LogP contribution in [0.2, 0.25) is 0 Å². The van der Waals surface area contributed by atoms with Gasteiger partial charge in [0.25, 0.3) is 0 Å². The van der Waals surface area contributed by atoms with Gasteiger partial charge in [0.2, 0.25) is 0 Å². The van der Waals surface area contributed by atoms with Crippen LogP contribution in [0.5, 0.6) is 5.75 Å². The average molecular weight is 309 g/mol. The van der Waals surface area contributed by atoms with Crippen LogP contribution in [0.4, 0.5) is 0 Å². The number of phenolic OH excluding ortho intramolecular Hbond substituents is 1. The Bertz CT molecular complexity index is 464. The zero-order valence-electron chi connectivity index (χ0n) is 13.4. The molecule has 1 aromatic rings. The first-order valence-corrected chi connectivity index (χ1v) is 7.82. The van der Waals surface area contributed by atoms with Gasteiger partial charge in [-0.25, -0.2) is 0 Å². The second kappa shape index (κ2) is 9.43. The molecule has 0 bridgehead atoms. The maximum atomic E-state index is 11.2. The van der Waals surface area contributed by atoms with E-state index in [1.807, 2.05) is 11.9 Å². The number of hydrogen-bond acceptors (Lipinski definition) is 4. The lowest BCUT2D eigenvalue weighted by molar-refractivity contribution is -0.142. The number of aliphatic carboxylic acids is 1. The van der Waals surface area contributed by atoms with Crippen molar-refractivity contribution in [2.45, 2.75) is 38.7 Å². The molecule has 1 unspecified atom stereocenters. The Hall–Kier alpha value is -1.59. The minimum absolute atomic E-state index is 0.129. The summed E-state index contributed by atoms with van der Waals surface area (Å²) in [6.07, 6.45) is 2.51. The van der Waals surface area contributed by atoms with E-state index in [1.165, 1.54) is 0 Å². The number of phenols is 1. The van der Waals surface area contributed by atoms with E-state index in [9.17, 15) is 20.1 Å². The first-order chi connectivity index (χ1) is 10.4. The number of aliphatic hydroxyl groups excluding tert-OH is 1. The third kappa shape index (κ3) is 6.45. The van der Waals surface area contributed by atoms with Gasteiger partial charge in [0.05, 0.1) is 12.0 Å². The molecule has 0 fully saturated rings. The molecule has 0 spiro atoms. The summed E-state index contributed by atoms with van der Waals surface area (Å²) in [4.78, 5) is 13.1. The normalized spacial score (nSPS) is 14.0. The molecule has 3 N–H and O–H groups in total. The number of likely N-dealkylation sites (N-methyl/N-ethyl adjacent to an activating group) is 1. The highest BCUT2D eigenvalue weighted by molar-refractivity contribution is 5.69. The summed E-state index contributed by atoms with van der Waals surface area (Å²) in [5.74, 6) is -0.930. The van der Waals surface area contributed by atoms with Crippen LogP contribution >= 0.6 is 0 Å². The first kappa shape index (κ1) is 18.5. The topological polar surface area (TPSA) is 81.0 Å². The molecule has 0 heterocycles. The predicted octanol–water partition coefficient (Wildman–Crippen LogP) is 2.64. The van der Waals surface area contributed by atoms with Crippen molar-refractivity contribution in [3.63, 3.8) is 0 Å². The van der Waals surface area contributed by atoms with Crippen molar-refractivity contribution in [1.82, 2.24) is 4.90 Å². The Morgan fingerprint density at radius 3 is 2.64 bits per heavy atom. The number of rotatable bonds is 10. The molecule has 0 aliphatic rings. The van der Waals surface area contributed by atoms with Crippen molar-refractivity contribution in [3.8, 4) is 5.75 Å². The number of unbranched alkanes of at least 4 members (excludes halogenated alkanes) is 1. The third-order valence-electron chi connectivity index (χ3n) is 3.85. The lowest BCUT2D eigenvalue weighted by Gasteiger charge is -2.22. The Balaban J connectivity index is 2.44. The van der Waals surface area contributed by atoms with Crippen molar-refractivity contribution in [1.29, 1.82) is 0 Å². The monoisotopic (exact) mass is 309 g/mol. The van der Waals surface area contributed by atoms with Crippen molar-refractivity contribution in [3.05, 3.63) is 29.8 Å². The standard InChI is InChI=1S/C17H27NO4/c1-3-4-6-13(17(21)22)9-10-18(2)12-16(20)14-7-5-8-15(19)11-14/h5,7-8,11,13,16,19-20H,3-4,6,9-10,12H2,1-2H3,(H,21,22)/t13?,16-/m1/s1. The molecular weight excluding hydrogens is 282 g/mol. The van der Waals surface area contributed by atoms with E-state index < -0.39 is 12.1 Å². The van der Waals surface area contributed by atoms with Gasteiger partial charge in [-0.15, -0.1) is 0 Å². The van der Waals surface area contributed by atoms with Crippen LogP contribution in [0.1, 0.15) is 44.3 Å². The molecule has 0 saturated carbocycles. The van der Waals surface area contributed by atoms with Crippen molar-refractivity contribution in [2.75, 3.05) is 20.1 Å². The van der Waals surface area contributed by atoms with Crippen LogP contribution in [0.25, 0.3) is 0 Å². The van der Waals surface area contributed by atoms with Gasteiger partial charge in [-0.1, -0.05) is 31.9 Å².